The molecule has 25 heavy (non-hydrogen) atoms. The molecule has 0 aliphatic rings. The number of carbonyl (C=O) groups excluding carboxylic acids is 1. The van der Waals surface area contributed by atoms with Crippen LogP contribution in [0, 0.1) is 11.6 Å². The third-order valence-electron chi connectivity index (χ3n) is 3.41. The van der Waals surface area contributed by atoms with Gasteiger partial charge in [-0.2, -0.15) is 0 Å². The second-order valence-electron chi connectivity index (χ2n) is 5.16. The summed E-state index contributed by atoms with van der Waals surface area (Å²) in [7, 11) is 0. The lowest BCUT2D eigenvalue weighted by Crippen LogP contribution is -2.23. The molecule has 0 fully saturated rings. The Kier molecular flexibility index (Phi) is 5.08. The summed E-state index contributed by atoms with van der Waals surface area (Å²) in [5.74, 6) is -1.33. The lowest BCUT2D eigenvalue weighted by molar-refractivity contribution is -0.115. The Hall–Kier alpha value is -2.74. The van der Waals surface area contributed by atoms with Crippen LogP contribution in [-0.4, -0.2) is 25.9 Å². The van der Waals surface area contributed by atoms with Crippen LogP contribution in [0.15, 0.2) is 60.0 Å². The highest BCUT2D eigenvalue weighted by Gasteiger charge is 2.20. The Morgan fingerprint density at radius 2 is 1.80 bits per heavy atom. The SMILES string of the molecule is C[C@@H](Sc1nncn1-c1ccccc1F)C(=O)Nc1ccccc1F. The van der Waals surface area contributed by atoms with E-state index in [1.807, 2.05) is 0 Å². The standard InChI is InChI=1S/C17H14F2N4OS/c1-11(16(24)21-14-8-4-2-6-12(14)18)25-17-22-20-10-23(17)15-9-5-3-7-13(15)19/h2-11H,1H3,(H,21,24)/t11-/m1/s1. The van der Waals surface area contributed by atoms with Crippen LogP contribution >= 0.6 is 11.8 Å². The molecule has 2 aromatic carbocycles. The molecule has 1 N–H and O–H groups in total. The fourth-order valence-electron chi connectivity index (χ4n) is 2.13. The van der Waals surface area contributed by atoms with E-state index in [4.69, 9.17) is 0 Å². The molecule has 0 aliphatic carbocycles. The summed E-state index contributed by atoms with van der Waals surface area (Å²) in [4.78, 5) is 12.3. The molecule has 1 aromatic heterocycles. The van der Waals surface area contributed by atoms with E-state index < -0.39 is 22.8 Å². The number of hydrogen-bond donors (Lipinski definition) is 1. The molecule has 0 saturated heterocycles. The first-order valence-electron chi connectivity index (χ1n) is 7.43. The maximum atomic E-state index is 14.0. The molecule has 1 heterocycles. The van der Waals surface area contributed by atoms with Gasteiger partial charge in [-0.05, 0) is 31.2 Å². The number of carbonyl (C=O) groups is 1. The number of rotatable bonds is 5. The van der Waals surface area contributed by atoms with Crippen LogP contribution in [-0.2, 0) is 4.79 Å². The van der Waals surface area contributed by atoms with Gasteiger partial charge >= 0.3 is 0 Å². The molecule has 0 spiro atoms. The van der Waals surface area contributed by atoms with Crippen molar-refractivity contribution in [1.29, 1.82) is 0 Å². The van der Waals surface area contributed by atoms with Gasteiger partial charge in [0.1, 0.15) is 18.0 Å². The topological polar surface area (TPSA) is 59.8 Å². The number of amides is 1. The first-order chi connectivity index (χ1) is 12.1. The minimum absolute atomic E-state index is 0.107. The molecular weight excluding hydrogens is 346 g/mol. The Morgan fingerprint density at radius 1 is 1.12 bits per heavy atom. The summed E-state index contributed by atoms with van der Waals surface area (Å²) in [6.45, 7) is 1.65. The number of aromatic nitrogens is 3. The van der Waals surface area contributed by atoms with E-state index >= 15 is 0 Å². The zero-order valence-corrected chi connectivity index (χ0v) is 14.0. The number of halogens is 2. The number of benzene rings is 2. The van der Waals surface area contributed by atoms with Gasteiger partial charge in [-0.1, -0.05) is 36.0 Å². The maximum absolute atomic E-state index is 14.0. The summed E-state index contributed by atoms with van der Waals surface area (Å²) < 4.78 is 29.1. The zero-order valence-electron chi connectivity index (χ0n) is 13.2. The highest BCUT2D eigenvalue weighted by Crippen LogP contribution is 2.26. The predicted molar refractivity (Wildman–Crippen MR) is 91.7 cm³/mol. The molecular formula is C17H14F2N4OS. The van der Waals surface area contributed by atoms with Gasteiger partial charge in [0.05, 0.1) is 16.6 Å². The largest absolute Gasteiger partial charge is 0.323 e. The van der Waals surface area contributed by atoms with E-state index in [2.05, 4.69) is 15.5 Å². The molecule has 0 saturated carbocycles. The van der Waals surface area contributed by atoms with Crippen molar-refractivity contribution in [3.8, 4) is 5.69 Å². The third kappa shape index (κ3) is 3.85. The molecule has 0 unspecified atom stereocenters. The minimum atomic E-state index is -0.589. The van der Waals surface area contributed by atoms with Crippen LogP contribution in [0.1, 0.15) is 6.92 Å². The monoisotopic (exact) mass is 360 g/mol. The third-order valence-corrected chi connectivity index (χ3v) is 4.47. The lowest BCUT2D eigenvalue weighted by Gasteiger charge is -2.13. The van der Waals surface area contributed by atoms with E-state index in [-0.39, 0.29) is 11.4 Å². The van der Waals surface area contributed by atoms with Crippen LogP contribution in [0.5, 0.6) is 0 Å². The van der Waals surface area contributed by atoms with E-state index in [0.717, 1.165) is 11.8 Å². The van der Waals surface area contributed by atoms with E-state index in [9.17, 15) is 13.6 Å². The highest BCUT2D eigenvalue weighted by molar-refractivity contribution is 8.00. The molecule has 0 bridgehead atoms. The van der Waals surface area contributed by atoms with Gasteiger partial charge in [-0.15, -0.1) is 10.2 Å². The molecule has 3 aromatic rings. The van der Waals surface area contributed by atoms with Crippen molar-refractivity contribution < 1.29 is 13.6 Å². The second-order valence-corrected chi connectivity index (χ2v) is 6.47. The average molecular weight is 360 g/mol. The van der Waals surface area contributed by atoms with Gasteiger partial charge < -0.3 is 5.32 Å². The van der Waals surface area contributed by atoms with Crippen LogP contribution in [0.4, 0.5) is 14.5 Å². The summed E-state index contributed by atoms with van der Waals surface area (Å²) in [5.41, 5.74) is 0.396. The van der Waals surface area contributed by atoms with Crippen LogP contribution in [0.2, 0.25) is 0 Å². The number of nitrogens with zero attached hydrogens (tertiary/aromatic N) is 3. The summed E-state index contributed by atoms with van der Waals surface area (Å²) in [6.07, 6.45) is 1.38. The number of para-hydroxylation sites is 2. The van der Waals surface area contributed by atoms with Crippen molar-refractivity contribution in [3.63, 3.8) is 0 Å². The van der Waals surface area contributed by atoms with Crippen molar-refractivity contribution in [1.82, 2.24) is 14.8 Å². The van der Waals surface area contributed by atoms with Gasteiger partial charge in [0.15, 0.2) is 5.16 Å². The smallest absolute Gasteiger partial charge is 0.237 e. The van der Waals surface area contributed by atoms with Gasteiger partial charge in [-0.25, -0.2) is 8.78 Å². The van der Waals surface area contributed by atoms with Gasteiger partial charge in [0, 0.05) is 0 Å². The van der Waals surface area contributed by atoms with E-state index in [0.29, 0.717) is 5.16 Å². The van der Waals surface area contributed by atoms with Gasteiger partial charge in [0.2, 0.25) is 5.91 Å². The average Bonchev–Trinajstić information content (AvgIpc) is 3.05. The quantitative estimate of drug-likeness (QED) is 0.706. The summed E-state index contributed by atoms with van der Waals surface area (Å²) >= 11 is 1.10. The Labute approximate surface area is 147 Å². The van der Waals surface area contributed by atoms with Gasteiger partial charge in [-0.3, -0.25) is 9.36 Å². The molecule has 128 valence electrons. The van der Waals surface area contributed by atoms with E-state index in [1.165, 1.54) is 29.1 Å². The number of anilines is 1. The second kappa shape index (κ2) is 7.43. The van der Waals surface area contributed by atoms with Crippen molar-refractivity contribution in [2.75, 3.05) is 5.32 Å². The van der Waals surface area contributed by atoms with Crippen molar-refractivity contribution in [2.45, 2.75) is 17.3 Å². The fraction of sp³-hybridized carbons (Fsp3) is 0.118. The summed E-state index contributed by atoms with van der Waals surface area (Å²) in [5, 5.41) is 10.0. The van der Waals surface area contributed by atoms with Crippen molar-refractivity contribution in [2.24, 2.45) is 0 Å². The maximum Gasteiger partial charge on any atom is 0.237 e. The summed E-state index contributed by atoms with van der Waals surface area (Å²) in [6, 6.07) is 12.1. The van der Waals surface area contributed by atoms with Gasteiger partial charge in [0.25, 0.3) is 0 Å². The van der Waals surface area contributed by atoms with Crippen molar-refractivity contribution in [3.05, 3.63) is 66.5 Å². The fourth-order valence-corrected chi connectivity index (χ4v) is 2.96. The van der Waals surface area contributed by atoms with E-state index in [1.54, 1.807) is 37.3 Å². The molecule has 8 heteroatoms. The Balaban J connectivity index is 1.75. The van der Waals surface area contributed by atoms with Crippen molar-refractivity contribution >= 4 is 23.4 Å². The van der Waals surface area contributed by atoms with Crippen LogP contribution < -0.4 is 5.32 Å². The van der Waals surface area contributed by atoms with Crippen LogP contribution in [0.3, 0.4) is 0 Å². The number of nitrogens with one attached hydrogen (secondary N) is 1. The number of hydrogen-bond acceptors (Lipinski definition) is 4. The normalized spacial score (nSPS) is 12.0. The Bertz CT molecular complexity index is 900. The minimum Gasteiger partial charge on any atom is -0.323 e. The number of thioether (sulfide) groups is 1. The molecule has 3 rings (SSSR count). The molecule has 1 atom stereocenters. The molecule has 0 aliphatic heterocycles. The van der Waals surface area contributed by atoms with Crippen LogP contribution in [0.25, 0.3) is 5.69 Å². The first kappa shape index (κ1) is 17.1. The Morgan fingerprint density at radius 3 is 2.52 bits per heavy atom. The molecule has 1 amide bonds. The zero-order chi connectivity index (χ0) is 17.8. The highest BCUT2D eigenvalue weighted by atomic mass is 32.2. The lowest BCUT2D eigenvalue weighted by atomic mass is 10.3. The molecule has 0 radical (unpaired) electrons. The molecule has 5 nitrogen and oxygen atoms in total. The first-order valence-corrected chi connectivity index (χ1v) is 8.31. The predicted octanol–water partition coefficient (Wildman–Crippen LogP) is 3.66.